The van der Waals surface area contributed by atoms with Crippen molar-refractivity contribution in [3.8, 4) is 5.75 Å². The Bertz CT molecular complexity index is 1030. The zero-order chi connectivity index (χ0) is 21.7. The molecule has 0 atom stereocenters. The molecule has 0 fully saturated rings. The average molecular weight is 419 g/mol. The van der Waals surface area contributed by atoms with E-state index < -0.39 is 24.1 Å². The lowest BCUT2D eigenvalue weighted by atomic mass is 10.2. The number of nitrogens with zero attached hydrogens (tertiary/aromatic N) is 1. The number of urea groups is 1. The molecule has 0 aliphatic carbocycles. The first-order chi connectivity index (χ1) is 14.2. The molecule has 30 heavy (non-hydrogen) atoms. The number of carbonyl (C=O) groups excluding carboxylic acids is 1. The molecule has 1 aromatic heterocycles. The van der Waals surface area contributed by atoms with E-state index in [-0.39, 0.29) is 11.4 Å². The molecule has 3 rings (SSSR count). The highest BCUT2D eigenvalue weighted by molar-refractivity contribution is 5.99. The fourth-order valence-electron chi connectivity index (χ4n) is 2.67. The first-order valence-electron chi connectivity index (χ1n) is 8.61. The number of anilines is 2. The number of amides is 2. The summed E-state index contributed by atoms with van der Waals surface area (Å²) in [5.41, 5.74) is 1.77. The Hall–Kier alpha value is -3.95. The molecule has 0 saturated carbocycles. The van der Waals surface area contributed by atoms with E-state index in [0.717, 1.165) is 17.7 Å². The molecule has 0 spiro atoms. The number of alkyl halides is 3. The lowest BCUT2D eigenvalue weighted by Crippen LogP contribution is -2.19. The summed E-state index contributed by atoms with van der Waals surface area (Å²) in [6.07, 6.45) is -3.12. The van der Waals surface area contributed by atoms with Crippen molar-refractivity contribution in [2.24, 2.45) is 0 Å². The zero-order valence-corrected chi connectivity index (χ0v) is 15.3. The quantitative estimate of drug-likeness (QED) is 0.536. The monoisotopic (exact) mass is 419 g/mol. The zero-order valence-electron chi connectivity index (χ0n) is 15.3. The van der Waals surface area contributed by atoms with E-state index in [9.17, 15) is 22.8 Å². The predicted octanol–water partition coefficient (Wildman–Crippen LogP) is 4.78. The molecule has 7 nitrogen and oxygen atoms in total. The van der Waals surface area contributed by atoms with Gasteiger partial charge < -0.3 is 25.0 Å². The van der Waals surface area contributed by atoms with Crippen LogP contribution >= 0.6 is 0 Å². The first-order valence-corrected chi connectivity index (χ1v) is 8.61. The highest BCUT2D eigenvalue weighted by Crippen LogP contribution is 2.24. The number of aromatic nitrogens is 1. The Morgan fingerprint density at radius 1 is 0.933 bits per heavy atom. The third-order valence-electron chi connectivity index (χ3n) is 3.96. The van der Waals surface area contributed by atoms with Crippen LogP contribution in [0.1, 0.15) is 16.1 Å². The number of ether oxygens (including phenoxy) is 1. The summed E-state index contributed by atoms with van der Waals surface area (Å²) < 4.78 is 41.8. The number of benzene rings is 2. The maximum atomic E-state index is 12.2. The van der Waals surface area contributed by atoms with Gasteiger partial charge in [-0.25, -0.2) is 9.59 Å². The summed E-state index contributed by atoms with van der Waals surface area (Å²) in [6, 6.07) is 14.1. The molecule has 0 aliphatic rings. The van der Waals surface area contributed by atoms with Gasteiger partial charge in [0, 0.05) is 24.1 Å². The van der Waals surface area contributed by atoms with Gasteiger partial charge in [0.1, 0.15) is 11.4 Å². The van der Waals surface area contributed by atoms with Crippen molar-refractivity contribution in [3.05, 3.63) is 78.1 Å². The summed E-state index contributed by atoms with van der Waals surface area (Å²) in [6.45, 7) is 0.355. The molecule has 2 aromatic carbocycles. The third-order valence-corrected chi connectivity index (χ3v) is 3.96. The van der Waals surface area contributed by atoms with Crippen LogP contribution in [0.4, 0.5) is 29.3 Å². The van der Waals surface area contributed by atoms with Crippen LogP contribution in [-0.2, 0) is 6.54 Å². The Morgan fingerprint density at radius 2 is 1.50 bits per heavy atom. The van der Waals surface area contributed by atoms with Crippen molar-refractivity contribution in [2.45, 2.75) is 12.9 Å². The second-order valence-corrected chi connectivity index (χ2v) is 6.17. The Balaban J connectivity index is 1.55. The van der Waals surface area contributed by atoms with Crippen molar-refractivity contribution in [2.75, 3.05) is 10.6 Å². The molecule has 0 aliphatic heterocycles. The van der Waals surface area contributed by atoms with E-state index in [0.29, 0.717) is 12.2 Å². The lowest BCUT2D eigenvalue weighted by Gasteiger charge is -2.11. The minimum Gasteiger partial charge on any atom is -0.477 e. The number of nitrogens with one attached hydrogen (secondary N) is 2. The Labute approximate surface area is 168 Å². The van der Waals surface area contributed by atoms with Gasteiger partial charge in [-0.3, -0.25) is 0 Å². The summed E-state index contributed by atoms with van der Waals surface area (Å²) in [5, 5.41) is 14.2. The standard InChI is InChI=1S/C20H16F3N3O4/c21-20(22,23)30-16-9-7-15(8-10-16)25-19(29)24-14-5-3-13(4-6-14)12-26-11-1-2-17(26)18(27)28/h1-11H,12H2,(H,27,28)(H2,24,25,29). The van der Waals surface area contributed by atoms with Crippen LogP contribution in [0.25, 0.3) is 0 Å². The molecule has 156 valence electrons. The normalized spacial score (nSPS) is 11.0. The van der Waals surface area contributed by atoms with Gasteiger partial charge in [-0.05, 0) is 54.1 Å². The van der Waals surface area contributed by atoms with Crippen molar-refractivity contribution in [1.82, 2.24) is 4.57 Å². The molecule has 3 aromatic rings. The SMILES string of the molecule is O=C(Nc1ccc(Cn2cccc2C(=O)O)cc1)Nc1ccc(OC(F)(F)F)cc1. The summed E-state index contributed by atoms with van der Waals surface area (Å²) in [4.78, 5) is 23.2. The predicted molar refractivity (Wildman–Crippen MR) is 103 cm³/mol. The summed E-state index contributed by atoms with van der Waals surface area (Å²) >= 11 is 0. The maximum absolute atomic E-state index is 12.2. The van der Waals surface area contributed by atoms with E-state index in [2.05, 4.69) is 15.4 Å². The van der Waals surface area contributed by atoms with E-state index in [1.165, 1.54) is 18.2 Å². The van der Waals surface area contributed by atoms with E-state index in [1.807, 2.05) is 0 Å². The van der Waals surface area contributed by atoms with Gasteiger partial charge in [-0.1, -0.05) is 12.1 Å². The fraction of sp³-hybridized carbons (Fsp3) is 0.100. The third kappa shape index (κ3) is 5.77. The smallest absolute Gasteiger partial charge is 0.477 e. The molecule has 2 amide bonds. The van der Waals surface area contributed by atoms with Gasteiger partial charge in [-0.2, -0.15) is 0 Å². The maximum Gasteiger partial charge on any atom is 0.573 e. The number of rotatable bonds is 6. The van der Waals surface area contributed by atoms with Crippen LogP contribution in [0.15, 0.2) is 66.9 Å². The van der Waals surface area contributed by atoms with Crippen molar-refractivity contribution in [1.29, 1.82) is 0 Å². The van der Waals surface area contributed by atoms with Crippen molar-refractivity contribution >= 4 is 23.4 Å². The van der Waals surface area contributed by atoms with Crippen molar-refractivity contribution < 1.29 is 32.6 Å². The number of carboxylic acid groups (broad SMARTS) is 1. The molecule has 10 heteroatoms. The molecule has 0 bridgehead atoms. The second-order valence-electron chi connectivity index (χ2n) is 6.17. The van der Waals surface area contributed by atoms with E-state index >= 15 is 0 Å². The Morgan fingerprint density at radius 3 is 2.03 bits per heavy atom. The number of hydrogen-bond donors (Lipinski definition) is 3. The topological polar surface area (TPSA) is 92.6 Å². The van der Waals surface area contributed by atoms with Crippen molar-refractivity contribution in [3.63, 3.8) is 0 Å². The molecular formula is C20H16F3N3O4. The highest BCUT2D eigenvalue weighted by Gasteiger charge is 2.30. The van der Waals surface area contributed by atoms with Gasteiger partial charge >= 0.3 is 18.4 Å². The second kappa shape index (κ2) is 8.60. The number of hydrogen-bond acceptors (Lipinski definition) is 3. The number of halogens is 3. The largest absolute Gasteiger partial charge is 0.573 e. The van der Waals surface area contributed by atoms with Crippen LogP contribution in [-0.4, -0.2) is 28.0 Å². The van der Waals surface area contributed by atoms with Gasteiger partial charge in [0.15, 0.2) is 0 Å². The van der Waals surface area contributed by atoms with Crippen LogP contribution in [0, 0.1) is 0 Å². The molecule has 0 saturated heterocycles. The van der Waals surface area contributed by atoms with Gasteiger partial charge in [0.25, 0.3) is 0 Å². The van der Waals surface area contributed by atoms with Gasteiger partial charge in [0.05, 0.1) is 0 Å². The molecule has 1 heterocycles. The van der Waals surface area contributed by atoms with Crippen LogP contribution < -0.4 is 15.4 Å². The molecule has 3 N–H and O–H groups in total. The van der Waals surface area contributed by atoms with Crippen LogP contribution in [0.5, 0.6) is 5.75 Å². The molecule has 0 radical (unpaired) electrons. The molecule has 0 unspecified atom stereocenters. The lowest BCUT2D eigenvalue weighted by molar-refractivity contribution is -0.274. The molecular weight excluding hydrogens is 403 g/mol. The summed E-state index contributed by atoms with van der Waals surface area (Å²) in [5.74, 6) is -1.41. The highest BCUT2D eigenvalue weighted by atomic mass is 19.4. The van der Waals surface area contributed by atoms with Crippen LogP contribution in [0.2, 0.25) is 0 Å². The van der Waals surface area contributed by atoms with E-state index in [4.69, 9.17) is 5.11 Å². The number of carbonyl (C=O) groups is 2. The number of carboxylic acids is 1. The van der Waals surface area contributed by atoms with Gasteiger partial charge in [-0.15, -0.1) is 13.2 Å². The van der Waals surface area contributed by atoms with Crippen LogP contribution in [0.3, 0.4) is 0 Å². The van der Waals surface area contributed by atoms with E-state index in [1.54, 1.807) is 41.1 Å². The Kier molecular flexibility index (Phi) is 5.95. The number of aromatic carboxylic acids is 1. The minimum absolute atomic E-state index is 0.170. The van der Waals surface area contributed by atoms with Gasteiger partial charge in [0.2, 0.25) is 0 Å². The minimum atomic E-state index is -4.78. The fourth-order valence-corrected chi connectivity index (χ4v) is 2.67. The average Bonchev–Trinajstić information content (AvgIpc) is 3.12. The first kappa shape index (κ1) is 20.8. The summed E-state index contributed by atoms with van der Waals surface area (Å²) in [7, 11) is 0.